The maximum absolute atomic E-state index is 13.5. The van der Waals surface area contributed by atoms with Crippen molar-refractivity contribution < 1.29 is 9.23 Å². The average molecular weight is 298 g/mol. The standard InChI is InChI=1S/C18H19FN2O/c1-13-6-2-4-8-16(13)18-10-15(22-21-18)12-20-11-14-7-3-5-9-17(14)19/h2-9,15,20H,10-12H2,1H3. The molecule has 114 valence electrons. The minimum absolute atomic E-state index is 0.00128. The molecule has 1 unspecified atom stereocenters. The molecule has 1 aliphatic rings. The summed E-state index contributed by atoms with van der Waals surface area (Å²) in [7, 11) is 0. The fourth-order valence-corrected chi connectivity index (χ4v) is 2.60. The molecule has 3 rings (SSSR count). The smallest absolute Gasteiger partial charge is 0.145 e. The Labute approximate surface area is 129 Å². The Morgan fingerprint density at radius 3 is 2.77 bits per heavy atom. The molecule has 22 heavy (non-hydrogen) atoms. The summed E-state index contributed by atoms with van der Waals surface area (Å²) in [5.41, 5.74) is 3.99. The molecule has 3 nitrogen and oxygen atoms in total. The summed E-state index contributed by atoms with van der Waals surface area (Å²) in [6.07, 6.45) is 0.774. The van der Waals surface area contributed by atoms with Gasteiger partial charge >= 0.3 is 0 Å². The first-order valence-corrected chi connectivity index (χ1v) is 7.47. The second-order valence-electron chi connectivity index (χ2n) is 5.51. The number of rotatable bonds is 5. The molecular weight excluding hydrogens is 279 g/mol. The van der Waals surface area contributed by atoms with E-state index in [0.29, 0.717) is 18.7 Å². The van der Waals surface area contributed by atoms with Crippen molar-refractivity contribution in [2.45, 2.75) is 26.0 Å². The number of aryl methyl sites for hydroxylation is 1. The van der Waals surface area contributed by atoms with Gasteiger partial charge in [0.15, 0.2) is 0 Å². The average Bonchev–Trinajstić information content (AvgIpc) is 2.98. The maximum Gasteiger partial charge on any atom is 0.145 e. The summed E-state index contributed by atoms with van der Waals surface area (Å²) in [6, 6.07) is 15.0. The Morgan fingerprint density at radius 1 is 1.18 bits per heavy atom. The van der Waals surface area contributed by atoms with E-state index in [1.54, 1.807) is 12.1 Å². The van der Waals surface area contributed by atoms with Crippen LogP contribution in [0.15, 0.2) is 53.7 Å². The minimum atomic E-state index is -0.181. The van der Waals surface area contributed by atoms with Crippen LogP contribution in [0.3, 0.4) is 0 Å². The first kappa shape index (κ1) is 14.7. The van der Waals surface area contributed by atoms with Crippen molar-refractivity contribution >= 4 is 5.71 Å². The van der Waals surface area contributed by atoms with Crippen LogP contribution >= 0.6 is 0 Å². The SMILES string of the molecule is Cc1ccccc1C1=NOC(CNCc2ccccc2F)C1. The molecule has 0 aliphatic carbocycles. The highest BCUT2D eigenvalue weighted by Gasteiger charge is 2.22. The lowest BCUT2D eigenvalue weighted by atomic mass is 10.0. The van der Waals surface area contributed by atoms with E-state index < -0.39 is 0 Å². The zero-order chi connectivity index (χ0) is 15.4. The van der Waals surface area contributed by atoms with Crippen LogP contribution in [0.2, 0.25) is 0 Å². The van der Waals surface area contributed by atoms with Gasteiger partial charge in [0.05, 0.1) is 5.71 Å². The second kappa shape index (κ2) is 6.71. The van der Waals surface area contributed by atoms with Gasteiger partial charge in [-0.25, -0.2) is 4.39 Å². The highest BCUT2D eigenvalue weighted by atomic mass is 19.1. The predicted octanol–water partition coefficient (Wildman–Crippen LogP) is 3.42. The highest BCUT2D eigenvalue weighted by molar-refractivity contribution is 6.02. The van der Waals surface area contributed by atoms with Crippen LogP contribution in [0.5, 0.6) is 0 Å². The fraction of sp³-hybridized carbons (Fsp3) is 0.278. The number of oxime groups is 1. The van der Waals surface area contributed by atoms with E-state index in [9.17, 15) is 4.39 Å². The second-order valence-corrected chi connectivity index (χ2v) is 5.51. The molecule has 2 aromatic carbocycles. The summed E-state index contributed by atoms with van der Waals surface area (Å²) in [5, 5.41) is 7.43. The van der Waals surface area contributed by atoms with E-state index in [1.807, 2.05) is 18.2 Å². The van der Waals surface area contributed by atoms with E-state index >= 15 is 0 Å². The van der Waals surface area contributed by atoms with Crippen molar-refractivity contribution in [2.24, 2.45) is 5.16 Å². The van der Waals surface area contributed by atoms with Crippen molar-refractivity contribution in [3.8, 4) is 0 Å². The molecule has 4 heteroatoms. The van der Waals surface area contributed by atoms with Crippen LogP contribution in [0.1, 0.15) is 23.1 Å². The van der Waals surface area contributed by atoms with Crippen LogP contribution in [-0.2, 0) is 11.4 Å². The zero-order valence-electron chi connectivity index (χ0n) is 12.6. The lowest BCUT2D eigenvalue weighted by Crippen LogP contribution is -2.27. The predicted molar refractivity (Wildman–Crippen MR) is 85.3 cm³/mol. The molecule has 0 radical (unpaired) electrons. The van der Waals surface area contributed by atoms with Gasteiger partial charge in [-0.3, -0.25) is 0 Å². The third-order valence-electron chi connectivity index (χ3n) is 3.83. The number of nitrogens with zero attached hydrogens (tertiary/aromatic N) is 1. The molecule has 0 bridgehead atoms. The monoisotopic (exact) mass is 298 g/mol. The highest BCUT2D eigenvalue weighted by Crippen LogP contribution is 2.19. The van der Waals surface area contributed by atoms with Crippen LogP contribution in [0.25, 0.3) is 0 Å². The molecule has 0 aromatic heterocycles. The molecule has 0 saturated carbocycles. The molecule has 1 heterocycles. The van der Waals surface area contributed by atoms with Crippen LogP contribution in [0.4, 0.5) is 4.39 Å². The fourth-order valence-electron chi connectivity index (χ4n) is 2.60. The first-order valence-electron chi connectivity index (χ1n) is 7.47. The normalized spacial score (nSPS) is 17.2. The van der Waals surface area contributed by atoms with Crippen molar-refractivity contribution in [1.82, 2.24) is 5.32 Å². The first-order chi connectivity index (χ1) is 10.7. The van der Waals surface area contributed by atoms with Crippen LogP contribution < -0.4 is 5.32 Å². The number of halogens is 1. The van der Waals surface area contributed by atoms with Crippen LogP contribution in [-0.4, -0.2) is 18.4 Å². The van der Waals surface area contributed by atoms with E-state index in [4.69, 9.17) is 4.84 Å². The van der Waals surface area contributed by atoms with Gasteiger partial charge in [0.25, 0.3) is 0 Å². The quantitative estimate of drug-likeness (QED) is 0.917. The van der Waals surface area contributed by atoms with E-state index in [1.165, 1.54) is 11.6 Å². The molecule has 1 N–H and O–H groups in total. The maximum atomic E-state index is 13.5. The molecule has 2 aromatic rings. The number of nitrogens with one attached hydrogen (secondary N) is 1. The molecule has 1 atom stereocenters. The Hall–Kier alpha value is -2.20. The van der Waals surface area contributed by atoms with Crippen molar-refractivity contribution in [1.29, 1.82) is 0 Å². The Bertz CT molecular complexity index is 684. The molecule has 0 saturated heterocycles. The van der Waals surface area contributed by atoms with Gasteiger partial charge in [-0.05, 0) is 18.6 Å². The number of benzene rings is 2. The van der Waals surface area contributed by atoms with Crippen LogP contribution in [0, 0.1) is 12.7 Å². The Morgan fingerprint density at radius 2 is 1.95 bits per heavy atom. The van der Waals surface area contributed by atoms with Gasteiger partial charge in [0.2, 0.25) is 0 Å². The summed E-state index contributed by atoms with van der Waals surface area (Å²) in [5.74, 6) is -0.181. The summed E-state index contributed by atoms with van der Waals surface area (Å²) in [6.45, 7) is 3.21. The minimum Gasteiger partial charge on any atom is -0.390 e. The zero-order valence-corrected chi connectivity index (χ0v) is 12.6. The lowest BCUT2D eigenvalue weighted by Gasteiger charge is -2.10. The van der Waals surface area contributed by atoms with Gasteiger partial charge in [0, 0.05) is 30.6 Å². The molecule has 0 spiro atoms. The lowest BCUT2D eigenvalue weighted by molar-refractivity contribution is 0.0848. The molecule has 0 fully saturated rings. The summed E-state index contributed by atoms with van der Waals surface area (Å²) in [4.78, 5) is 5.47. The third-order valence-corrected chi connectivity index (χ3v) is 3.83. The van der Waals surface area contributed by atoms with Gasteiger partial charge in [0.1, 0.15) is 11.9 Å². The van der Waals surface area contributed by atoms with E-state index in [-0.39, 0.29) is 11.9 Å². The van der Waals surface area contributed by atoms with E-state index in [2.05, 4.69) is 29.5 Å². The topological polar surface area (TPSA) is 33.6 Å². The van der Waals surface area contributed by atoms with Gasteiger partial charge in [-0.15, -0.1) is 0 Å². The molecular formula is C18H19FN2O. The number of hydrogen-bond acceptors (Lipinski definition) is 3. The summed E-state index contributed by atoms with van der Waals surface area (Å²) >= 11 is 0. The third kappa shape index (κ3) is 3.34. The van der Waals surface area contributed by atoms with Crippen molar-refractivity contribution in [3.05, 3.63) is 71.0 Å². The largest absolute Gasteiger partial charge is 0.390 e. The van der Waals surface area contributed by atoms with E-state index in [0.717, 1.165) is 17.7 Å². The summed E-state index contributed by atoms with van der Waals surface area (Å²) < 4.78 is 13.5. The van der Waals surface area contributed by atoms with Gasteiger partial charge < -0.3 is 10.2 Å². The van der Waals surface area contributed by atoms with Crippen molar-refractivity contribution in [2.75, 3.05) is 6.54 Å². The Kier molecular flexibility index (Phi) is 4.49. The Balaban J connectivity index is 1.51. The number of hydrogen-bond donors (Lipinski definition) is 1. The van der Waals surface area contributed by atoms with Gasteiger partial charge in [-0.2, -0.15) is 0 Å². The molecule has 0 amide bonds. The van der Waals surface area contributed by atoms with Crippen molar-refractivity contribution in [3.63, 3.8) is 0 Å². The molecule has 1 aliphatic heterocycles. The van der Waals surface area contributed by atoms with Gasteiger partial charge in [-0.1, -0.05) is 47.6 Å².